The first kappa shape index (κ1) is 13.8. The van der Waals surface area contributed by atoms with E-state index in [-0.39, 0.29) is 5.70 Å². The van der Waals surface area contributed by atoms with Gasteiger partial charge in [0.15, 0.2) is 0 Å². The first-order valence-corrected chi connectivity index (χ1v) is 6.45. The van der Waals surface area contributed by atoms with Crippen LogP contribution in [0.3, 0.4) is 0 Å². The fraction of sp³-hybridized carbons (Fsp3) is 0.556. The average Bonchev–Trinajstić information content (AvgIpc) is 2.15. The van der Waals surface area contributed by atoms with E-state index >= 15 is 0 Å². The molecule has 1 atom stereocenters. The minimum Gasteiger partial charge on any atom is -0.351 e. The third-order valence-electron chi connectivity index (χ3n) is 2.22. The molecule has 1 unspecified atom stereocenters. The Morgan fingerprint density at radius 3 is 2.59 bits per heavy atom. The van der Waals surface area contributed by atoms with Crippen LogP contribution in [0.5, 0.6) is 0 Å². The number of primary sulfonamides is 1. The fourth-order valence-electron chi connectivity index (χ4n) is 1.54. The van der Waals surface area contributed by atoms with Gasteiger partial charge in [-0.25, -0.2) is 13.6 Å². The van der Waals surface area contributed by atoms with Crippen LogP contribution in [0, 0.1) is 10.1 Å². The average molecular weight is 262 g/mol. The second-order valence-corrected chi connectivity index (χ2v) is 5.76. The van der Waals surface area contributed by atoms with Crippen molar-refractivity contribution < 1.29 is 18.1 Å². The molecular weight excluding hydrogens is 248 g/mol. The summed E-state index contributed by atoms with van der Waals surface area (Å²) in [5.41, 5.74) is -0.248. The topological polar surface area (TPSA) is 113 Å². The first-order chi connectivity index (χ1) is 7.68. The zero-order valence-corrected chi connectivity index (χ0v) is 10.3. The molecule has 7 nitrogen and oxygen atoms in total. The van der Waals surface area contributed by atoms with Gasteiger partial charge in [0.1, 0.15) is 0 Å². The number of nitrogens with two attached hydrogens (primary N) is 1. The number of hydrogen-bond acceptors (Lipinski definition) is 5. The van der Waals surface area contributed by atoms with E-state index in [0.29, 0.717) is 0 Å². The monoisotopic (exact) mass is 262 g/mol. The molecule has 1 aliphatic rings. The summed E-state index contributed by atoms with van der Waals surface area (Å²) in [4.78, 5) is 8.17. The molecule has 0 fully saturated rings. The number of hydrogen-bond donors (Lipinski definition) is 1. The lowest BCUT2D eigenvalue weighted by molar-refractivity contribution is -0.430. The lowest BCUT2D eigenvalue weighted by atomic mass is 10.1. The van der Waals surface area contributed by atoms with Crippen molar-refractivity contribution in [3.63, 3.8) is 0 Å². The van der Waals surface area contributed by atoms with Crippen LogP contribution >= 0.6 is 0 Å². The zero-order valence-electron chi connectivity index (χ0n) is 9.49. The van der Waals surface area contributed by atoms with Gasteiger partial charge >= 0.3 is 0 Å². The molecule has 17 heavy (non-hydrogen) atoms. The molecule has 0 aromatic heterocycles. The summed E-state index contributed by atoms with van der Waals surface area (Å²) < 4.78 is 28.4. The third-order valence-corrected chi connectivity index (χ3v) is 3.56. The van der Waals surface area contributed by atoms with E-state index in [1.165, 1.54) is 18.2 Å². The Morgan fingerprint density at radius 1 is 1.59 bits per heavy atom. The van der Waals surface area contributed by atoms with Crippen LogP contribution in [0.4, 0.5) is 0 Å². The number of allylic oxidation sites excluding steroid dienone is 2. The van der Waals surface area contributed by atoms with Crippen molar-refractivity contribution in [1.29, 1.82) is 0 Å². The van der Waals surface area contributed by atoms with E-state index in [1.54, 1.807) is 13.8 Å². The van der Waals surface area contributed by atoms with Crippen LogP contribution in [0.2, 0.25) is 0 Å². The van der Waals surface area contributed by atoms with Gasteiger partial charge in [-0.3, -0.25) is 10.1 Å². The highest BCUT2D eigenvalue weighted by Gasteiger charge is 2.46. The predicted octanol–water partition coefficient (Wildman–Crippen LogP) is 0.517. The molecule has 0 aromatic carbocycles. The Morgan fingerprint density at radius 2 is 2.18 bits per heavy atom. The normalized spacial score (nSPS) is 24.8. The van der Waals surface area contributed by atoms with Gasteiger partial charge < -0.3 is 4.74 Å². The third kappa shape index (κ3) is 2.90. The molecule has 0 radical (unpaired) electrons. The maximum Gasteiger partial charge on any atom is 0.250 e. The SMILES string of the molecule is CC(C)OC1(S(N)(=O)=O)C=CC=C([N+](=O)[O-])C1. The van der Waals surface area contributed by atoms with E-state index in [0.717, 1.165) is 0 Å². The molecule has 1 aliphatic carbocycles. The van der Waals surface area contributed by atoms with E-state index in [2.05, 4.69) is 0 Å². The Labute approximate surface area is 99.1 Å². The van der Waals surface area contributed by atoms with Crippen LogP contribution < -0.4 is 5.14 Å². The maximum atomic E-state index is 11.6. The van der Waals surface area contributed by atoms with Crippen molar-refractivity contribution in [3.05, 3.63) is 34.0 Å². The Hall–Kier alpha value is -1.25. The van der Waals surface area contributed by atoms with E-state index < -0.39 is 32.4 Å². The lowest BCUT2D eigenvalue weighted by Crippen LogP contribution is -2.47. The van der Waals surface area contributed by atoms with Gasteiger partial charge in [-0.05, 0) is 19.9 Å². The fourth-order valence-corrected chi connectivity index (χ4v) is 2.49. The van der Waals surface area contributed by atoms with Crippen LogP contribution in [0.1, 0.15) is 20.3 Å². The highest BCUT2D eigenvalue weighted by molar-refractivity contribution is 7.90. The van der Waals surface area contributed by atoms with Gasteiger partial charge in [0.25, 0.3) is 5.70 Å². The minimum absolute atomic E-state index is 0.248. The van der Waals surface area contributed by atoms with Crippen LogP contribution in [0.25, 0.3) is 0 Å². The van der Waals surface area contributed by atoms with Gasteiger partial charge in [0.2, 0.25) is 15.0 Å². The highest BCUT2D eigenvalue weighted by atomic mass is 32.2. The molecule has 1 rings (SSSR count). The number of nitrogens with zero attached hydrogens (tertiary/aromatic N) is 1. The van der Waals surface area contributed by atoms with Crippen LogP contribution in [0.15, 0.2) is 23.9 Å². The molecule has 96 valence electrons. The molecule has 0 spiro atoms. The van der Waals surface area contributed by atoms with Crippen molar-refractivity contribution in [2.45, 2.75) is 31.3 Å². The second kappa shape index (κ2) is 4.55. The molecule has 8 heteroatoms. The number of nitro groups is 1. The predicted molar refractivity (Wildman–Crippen MR) is 60.9 cm³/mol. The highest BCUT2D eigenvalue weighted by Crippen LogP contribution is 2.32. The van der Waals surface area contributed by atoms with Gasteiger partial charge in [0.05, 0.1) is 17.4 Å². The number of ether oxygens (including phenoxy) is 1. The molecule has 0 amide bonds. The standard InChI is InChI=1S/C9H14N2O5S/c1-7(2)16-9(17(10,14)15)5-3-4-8(6-9)11(12)13/h3-5,7H,6H2,1-2H3,(H2,10,14,15). The van der Waals surface area contributed by atoms with Gasteiger partial charge in [-0.15, -0.1) is 0 Å². The zero-order chi connectivity index (χ0) is 13.3. The van der Waals surface area contributed by atoms with Crippen molar-refractivity contribution in [2.24, 2.45) is 5.14 Å². The molecule has 0 aliphatic heterocycles. The Bertz CT molecular complexity index is 480. The number of sulfonamides is 1. The molecule has 0 bridgehead atoms. The van der Waals surface area contributed by atoms with Crippen molar-refractivity contribution in [1.82, 2.24) is 0 Å². The summed E-state index contributed by atoms with van der Waals surface area (Å²) in [6.07, 6.45) is 2.91. The van der Waals surface area contributed by atoms with Gasteiger partial charge in [0, 0.05) is 6.08 Å². The van der Waals surface area contributed by atoms with Crippen LogP contribution in [-0.4, -0.2) is 24.4 Å². The largest absolute Gasteiger partial charge is 0.351 e. The number of rotatable bonds is 4. The Balaban J connectivity index is 3.17. The van der Waals surface area contributed by atoms with E-state index in [9.17, 15) is 18.5 Å². The molecule has 0 aromatic rings. The van der Waals surface area contributed by atoms with Crippen LogP contribution in [-0.2, 0) is 14.8 Å². The summed E-state index contributed by atoms with van der Waals surface area (Å²) in [6, 6.07) is 0. The summed E-state index contributed by atoms with van der Waals surface area (Å²) in [5.74, 6) is 0. The molecule has 0 saturated carbocycles. The second-order valence-electron chi connectivity index (χ2n) is 3.97. The molecule has 2 N–H and O–H groups in total. The summed E-state index contributed by atoms with van der Waals surface area (Å²) in [7, 11) is -4.10. The van der Waals surface area contributed by atoms with E-state index in [4.69, 9.17) is 9.88 Å². The lowest BCUT2D eigenvalue weighted by Gasteiger charge is -2.30. The quantitative estimate of drug-likeness (QED) is 0.586. The van der Waals surface area contributed by atoms with E-state index in [1.807, 2.05) is 0 Å². The minimum atomic E-state index is -4.10. The summed E-state index contributed by atoms with van der Waals surface area (Å²) in [5, 5.41) is 15.8. The van der Waals surface area contributed by atoms with Crippen molar-refractivity contribution in [3.8, 4) is 0 Å². The van der Waals surface area contributed by atoms with Crippen molar-refractivity contribution in [2.75, 3.05) is 0 Å². The van der Waals surface area contributed by atoms with Gasteiger partial charge in [-0.1, -0.05) is 6.08 Å². The summed E-state index contributed by atoms with van der Waals surface area (Å²) >= 11 is 0. The maximum absolute atomic E-state index is 11.6. The molecule has 0 heterocycles. The first-order valence-electron chi connectivity index (χ1n) is 4.91. The Kier molecular flexibility index (Phi) is 3.70. The van der Waals surface area contributed by atoms with Crippen molar-refractivity contribution >= 4 is 10.0 Å². The van der Waals surface area contributed by atoms with Gasteiger partial charge in [-0.2, -0.15) is 0 Å². The molecular formula is C9H14N2O5S. The smallest absolute Gasteiger partial charge is 0.250 e. The molecule has 0 saturated heterocycles. The summed E-state index contributed by atoms with van der Waals surface area (Å²) in [6.45, 7) is 3.26.